The molecular weight excluding hydrogens is 1310 g/mol. The number of hydrogen-bond acceptors (Lipinski definition) is 15. The third-order valence-corrected chi connectivity index (χ3v) is 17.8. The Morgan fingerprint density at radius 1 is 0.290 bits per heavy atom. The molecule has 0 amide bonds. The van der Waals surface area contributed by atoms with E-state index in [0.717, 1.165) is 180 Å². The molecule has 0 saturated carbocycles. The van der Waals surface area contributed by atoms with E-state index in [2.05, 4.69) is 149 Å². The normalized spacial score (nSPS) is 14.6. The van der Waals surface area contributed by atoms with E-state index < -0.39 is 97.5 Å². The van der Waals surface area contributed by atoms with Gasteiger partial charge in [0.1, 0.15) is 19.3 Å². The molecule has 0 aliphatic heterocycles. The minimum atomic E-state index is -4.99. The highest BCUT2D eigenvalue weighted by molar-refractivity contribution is 7.47. The van der Waals surface area contributed by atoms with Crippen molar-refractivity contribution in [2.45, 2.75) is 329 Å². The van der Waals surface area contributed by atoms with Crippen molar-refractivity contribution in [2.75, 3.05) is 39.6 Å². The maximum absolute atomic E-state index is 13.1. The highest BCUT2D eigenvalue weighted by atomic mass is 31.2. The summed E-state index contributed by atoms with van der Waals surface area (Å²) < 4.78 is 68.4. The first-order chi connectivity index (χ1) is 48.7. The van der Waals surface area contributed by atoms with Gasteiger partial charge in [0.15, 0.2) is 12.2 Å². The zero-order valence-electron chi connectivity index (χ0n) is 62.6. The number of phosphoric acid groups is 2. The molecule has 0 fully saturated rings. The lowest BCUT2D eigenvalue weighted by Gasteiger charge is -2.21. The highest BCUT2D eigenvalue weighted by Crippen LogP contribution is 2.45. The highest BCUT2D eigenvalue weighted by Gasteiger charge is 2.30. The van der Waals surface area contributed by atoms with Crippen LogP contribution in [0.1, 0.15) is 310 Å². The van der Waals surface area contributed by atoms with E-state index in [4.69, 9.17) is 37.0 Å². The number of phosphoric ester groups is 2. The van der Waals surface area contributed by atoms with Crippen molar-refractivity contribution in [3.05, 3.63) is 122 Å². The number of rotatable bonds is 72. The third-order valence-electron chi connectivity index (χ3n) is 15.9. The summed E-state index contributed by atoms with van der Waals surface area (Å²) in [4.78, 5) is 72.9. The Bertz CT molecular complexity index is 2370. The van der Waals surface area contributed by atoms with Crippen LogP contribution in [0.25, 0.3) is 0 Å². The van der Waals surface area contributed by atoms with Crippen molar-refractivity contribution in [1.29, 1.82) is 0 Å². The number of esters is 4. The first-order valence-corrected chi connectivity index (χ1v) is 41.8. The van der Waals surface area contributed by atoms with Crippen LogP contribution in [0.5, 0.6) is 0 Å². The lowest BCUT2D eigenvalue weighted by atomic mass is 10.1. The minimum absolute atomic E-state index is 0.0739. The molecule has 0 spiro atoms. The largest absolute Gasteiger partial charge is 0.472 e. The Morgan fingerprint density at radius 2 is 0.520 bits per heavy atom. The van der Waals surface area contributed by atoms with Crippen LogP contribution in [0.2, 0.25) is 0 Å². The van der Waals surface area contributed by atoms with Crippen LogP contribution >= 0.6 is 15.6 Å². The van der Waals surface area contributed by atoms with Crippen LogP contribution in [0, 0.1) is 0 Å². The molecule has 3 N–H and O–H groups in total. The van der Waals surface area contributed by atoms with Gasteiger partial charge in [-0.1, -0.05) is 252 Å². The lowest BCUT2D eigenvalue weighted by Crippen LogP contribution is -2.30. The molecule has 5 unspecified atom stereocenters. The maximum Gasteiger partial charge on any atom is 0.472 e. The van der Waals surface area contributed by atoms with E-state index in [1.165, 1.54) is 51.4 Å². The number of allylic oxidation sites excluding steroid dienone is 20. The molecule has 0 bridgehead atoms. The fourth-order valence-corrected chi connectivity index (χ4v) is 11.6. The first kappa shape index (κ1) is 95.5. The van der Waals surface area contributed by atoms with Gasteiger partial charge in [0.2, 0.25) is 0 Å². The lowest BCUT2D eigenvalue weighted by molar-refractivity contribution is -0.161. The van der Waals surface area contributed by atoms with Gasteiger partial charge in [-0.2, -0.15) is 0 Å². The maximum atomic E-state index is 13.1. The number of aliphatic hydroxyl groups excluding tert-OH is 1. The number of carbonyl (C=O) groups is 4. The molecule has 0 aliphatic carbocycles. The van der Waals surface area contributed by atoms with Crippen molar-refractivity contribution in [2.24, 2.45) is 0 Å². The second-order valence-electron chi connectivity index (χ2n) is 25.5. The van der Waals surface area contributed by atoms with Crippen molar-refractivity contribution in [1.82, 2.24) is 0 Å². The van der Waals surface area contributed by atoms with Crippen molar-refractivity contribution < 1.29 is 80.2 Å². The standard InChI is InChI=1S/C81H138O17P2/c1-5-9-13-17-21-25-29-33-35-36-37-38-40-44-46-50-54-58-62-66-79(84)92-72-77(98-81(86)68-64-60-56-52-48-42-32-28-24-20-16-12-8-4)74-96-100(89,90)94-70-75(82)69-93-99(87,88)95-73-76(97-80(85)67-63-59-55-51-47-41-31-27-23-19-15-11-7-3)71-91-78(83)65-61-57-53-49-45-43-39-34-30-26-22-18-14-10-6-2/h9-10,13-14,21-22,25-28,31-35,37-39,45,49,75-77,82H,5-8,11-12,15-20,23-24,29-30,36,40-44,46-48,50-74H2,1-4H3,(H,87,88)(H,89,90)/b13-9-,14-10-,25-21-,26-22-,31-27-,32-28-,35-33-,38-37-,39-34-,49-45-. The Balaban J connectivity index is 5.38. The van der Waals surface area contributed by atoms with Crippen LogP contribution in [0.4, 0.5) is 0 Å². The SMILES string of the molecule is CC/C=C\C/C=C\C/C=C\C/C=C\CCCCCCCCC(=O)OCC(COP(=O)(O)OCC(O)COP(=O)(O)OCC(COC(=O)CCCC/C=C\C/C=C\C/C=C\C/C=C\CC)OC(=O)CCCCCCC/C=C\CCCCCC)OC(=O)CCCCCCC/C=C\CCCCCC. The average molecular weight is 1450 g/mol. The van der Waals surface area contributed by atoms with Gasteiger partial charge in [-0.3, -0.25) is 37.3 Å². The average Bonchev–Trinajstić information content (AvgIpc) is 0.935. The number of hydrogen-bond donors (Lipinski definition) is 3. The number of ether oxygens (including phenoxy) is 4. The summed E-state index contributed by atoms with van der Waals surface area (Å²) >= 11 is 0. The van der Waals surface area contributed by atoms with Crippen LogP contribution < -0.4 is 0 Å². The topological polar surface area (TPSA) is 237 Å². The Kier molecular flexibility index (Phi) is 69.5. The number of aliphatic hydroxyl groups is 1. The summed E-state index contributed by atoms with van der Waals surface area (Å²) in [7, 11) is -9.97. The zero-order chi connectivity index (χ0) is 73.2. The van der Waals surface area contributed by atoms with Gasteiger partial charge in [0.25, 0.3) is 0 Å². The van der Waals surface area contributed by atoms with E-state index in [1.807, 2.05) is 0 Å². The van der Waals surface area contributed by atoms with E-state index in [0.29, 0.717) is 25.7 Å². The third kappa shape index (κ3) is 71.8. The molecule has 0 heterocycles. The summed E-state index contributed by atoms with van der Waals surface area (Å²) in [6.07, 6.45) is 79.0. The van der Waals surface area contributed by atoms with E-state index in [-0.39, 0.29) is 25.7 Å². The van der Waals surface area contributed by atoms with Crippen molar-refractivity contribution in [3.63, 3.8) is 0 Å². The number of unbranched alkanes of at least 4 members (excludes halogenated alkanes) is 26. The predicted octanol–water partition coefficient (Wildman–Crippen LogP) is 22.3. The molecule has 0 radical (unpaired) electrons. The molecule has 5 atom stereocenters. The van der Waals surface area contributed by atoms with Gasteiger partial charge in [-0.05, 0) is 154 Å². The Labute approximate surface area is 606 Å². The van der Waals surface area contributed by atoms with Gasteiger partial charge >= 0.3 is 39.5 Å². The van der Waals surface area contributed by atoms with Gasteiger partial charge < -0.3 is 33.8 Å². The summed E-state index contributed by atoms with van der Waals surface area (Å²) in [6.45, 7) is 4.54. The van der Waals surface area contributed by atoms with E-state index in [1.54, 1.807) is 0 Å². The van der Waals surface area contributed by atoms with Crippen molar-refractivity contribution >= 4 is 39.5 Å². The second kappa shape index (κ2) is 72.8. The molecule has 0 aromatic carbocycles. The van der Waals surface area contributed by atoms with Crippen LogP contribution in [-0.2, 0) is 65.4 Å². The van der Waals surface area contributed by atoms with E-state index in [9.17, 15) is 43.2 Å². The summed E-state index contributed by atoms with van der Waals surface area (Å²) in [5, 5.41) is 10.6. The zero-order valence-corrected chi connectivity index (χ0v) is 64.4. The van der Waals surface area contributed by atoms with Crippen molar-refractivity contribution in [3.8, 4) is 0 Å². The molecular formula is C81H138O17P2. The van der Waals surface area contributed by atoms with Crippen LogP contribution in [0.15, 0.2) is 122 Å². The fraction of sp³-hybridized carbons (Fsp3) is 0.704. The van der Waals surface area contributed by atoms with Crippen LogP contribution in [0.3, 0.4) is 0 Å². The minimum Gasteiger partial charge on any atom is -0.462 e. The summed E-state index contributed by atoms with van der Waals surface area (Å²) in [5.41, 5.74) is 0. The quantitative estimate of drug-likeness (QED) is 0.0169. The molecule has 0 aliphatic rings. The number of carbonyl (C=O) groups excluding carboxylic acids is 4. The second-order valence-corrected chi connectivity index (χ2v) is 28.4. The van der Waals surface area contributed by atoms with Gasteiger partial charge in [-0.15, -0.1) is 0 Å². The molecule has 100 heavy (non-hydrogen) atoms. The predicted molar refractivity (Wildman–Crippen MR) is 408 cm³/mol. The smallest absolute Gasteiger partial charge is 0.462 e. The first-order valence-electron chi connectivity index (χ1n) is 38.8. The monoisotopic (exact) mass is 1440 g/mol. The Morgan fingerprint density at radius 3 is 0.830 bits per heavy atom. The van der Waals surface area contributed by atoms with E-state index >= 15 is 0 Å². The molecule has 17 nitrogen and oxygen atoms in total. The van der Waals surface area contributed by atoms with Crippen LogP contribution in [-0.4, -0.2) is 96.7 Å². The molecule has 574 valence electrons. The fourth-order valence-electron chi connectivity index (χ4n) is 10.0. The molecule has 0 aromatic heterocycles. The molecule has 19 heteroatoms. The molecule has 0 saturated heterocycles. The Hall–Kier alpha value is -4.54. The molecule has 0 rings (SSSR count). The van der Waals surface area contributed by atoms with Gasteiger partial charge in [0, 0.05) is 25.7 Å². The van der Waals surface area contributed by atoms with Gasteiger partial charge in [0.05, 0.1) is 26.4 Å². The molecule has 0 aromatic rings. The summed E-state index contributed by atoms with van der Waals surface area (Å²) in [6, 6.07) is 0. The van der Waals surface area contributed by atoms with Gasteiger partial charge in [-0.25, -0.2) is 9.13 Å². The summed E-state index contributed by atoms with van der Waals surface area (Å²) in [5.74, 6) is -2.25.